The van der Waals surface area contributed by atoms with Crippen molar-refractivity contribution in [1.82, 2.24) is 10.2 Å². The first-order chi connectivity index (χ1) is 11.3. The highest BCUT2D eigenvalue weighted by Gasteiger charge is 2.18. The van der Waals surface area contributed by atoms with Crippen LogP contribution >= 0.6 is 12.4 Å². The molecular weight excluding hydrogens is 340 g/mol. The highest BCUT2D eigenvalue weighted by molar-refractivity contribution is 5.85. The molecular formula is C19H27ClN2O3. The van der Waals surface area contributed by atoms with Crippen LogP contribution in [0, 0.1) is 20.8 Å². The maximum absolute atomic E-state index is 12.1. The normalized spacial score (nSPS) is 11.8. The number of nitrogens with zero attached hydrogens (tertiary/aromatic N) is 1. The van der Waals surface area contributed by atoms with E-state index >= 15 is 0 Å². The summed E-state index contributed by atoms with van der Waals surface area (Å²) < 4.78 is 11.3. The number of carbonyl (C=O) groups is 1. The average molecular weight is 367 g/mol. The Bertz CT molecular complexity index is 677. The Balaban J connectivity index is 0.00000312. The van der Waals surface area contributed by atoms with Crippen molar-refractivity contribution in [3.63, 3.8) is 0 Å². The van der Waals surface area contributed by atoms with Crippen molar-refractivity contribution < 1.29 is 13.9 Å². The van der Waals surface area contributed by atoms with Crippen LogP contribution in [0.3, 0.4) is 0 Å². The van der Waals surface area contributed by atoms with Crippen LogP contribution in [-0.4, -0.2) is 38.1 Å². The third-order valence-electron chi connectivity index (χ3n) is 3.77. The van der Waals surface area contributed by atoms with E-state index < -0.39 is 0 Å². The zero-order valence-electron chi connectivity index (χ0n) is 15.5. The van der Waals surface area contributed by atoms with Gasteiger partial charge in [-0.1, -0.05) is 6.07 Å². The summed E-state index contributed by atoms with van der Waals surface area (Å²) >= 11 is 0. The highest BCUT2D eigenvalue weighted by atomic mass is 35.5. The van der Waals surface area contributed by atoms with Gasteiger partial charge in [-0.15, -0.1) is 12.4 Å². The number of nitrogens with one attached hydrogen (secondary N) is 1. The van der Waals surface area contributed by atoms with Crippen molar-refractivity contribution in [2.75, 3.05) is 27.2 Å². The molecule has 0 aliphatic carbocycles. The Morgan fingerprint density at radius 2 is 1.80 bits per heavy atom. The molecule has 6 heteroatoms. The van der Waals surface area contributed by atoms with E-state index in [0.29, 0.717) is 12.3 Å². The Morgan fingerprint density at radius 3 is 2.32 bits per heavy atom. The van der Waals surface area contributed by atoms with Gasteiger partial charge in [0.05, 0.1) is 6.04 Å². The van der Waals surface area contributed by atoms with Crippen LogP contribution in [-0.2, 0) is 4.79 Å². The van der Waals surface area contributed by atoms with Crippen molar-refractivity contribution in [2.45, 2.75) is 26.8 Å². The molecule has 0 radical (unpaired) electrons. The first-order valence-corrected chi connectivity index (χ1v) is 8.05. The molecule has 0 saturated carbocycles. The van der Waals surface area contributed by atoms with Crippen LogP contribution in [0.15, 0.2) is 34.7 Å². The summed E-state index contributed by atoms with van der Waals surface area (Å²) in [6, 6.07) is 9.78. The first kappa shape index (κ1) is 21.1. The Hall–Kier alpha value is -1.98. The summed E-state index contributed by atoms with van der Waals surface area (Å²) in [5, 5.41) is 2.91. The van der Waals surface area contributed by atoms with E-state index in [9.17, 15) is 4.79 Å². The van der Waals surface area contributed by atoms with Gasteiger partial charge in [0, 0.05) is 6.54 Å². The number of ether oxygens (including phenoxy) is 1. The molecule has 2 rings (SSSR count). The van der Waals surface area contributed by atoms with Gasteiger partial charge >= 0.3 is 0 Å². The first-order valence-electron chi connectivity index (χ1n) is 8.05. The van der Waals surface area contributed by atoms with Gasteiger partial charge in [-0.3, -0.25) is 9.69 Å². The van der Waals surface area contributed by atoms with Crippen LogP contribution in [0.4, 0.5) is 0 Å². The van der Waals surface area contributed by atoms with E-state index in [1.165, 1.54) is 0 Å². The number of rotatable bonds is 7. The second-order valence-corrected chi connectivity index (χ2v) is 6.34. The quantitative estimate of drug-likeness (QED) is 0.815. The summed E-state index contributed by atoms with van der Waals surface area (Å²) in [5.41, 5.74) is 2.23. The molecule has 1 heterocycles. The lowest BCUT2D eigenvalue weighted by Gasteiger charge is -2.22. The number of furan rings is 1. The molecule has 1 atom stereocenters. The molecule has 0 aliphatic rings. The van der Waals surface area contributed by atoms with Gasteiger partial charge in [-0.25, -0.2) is 0 Å². The Kier molecular flexibility index (Phi) is 8.00. The molecule has 2 aromatic rings. The molecule has 1 amide bonds. The maximum atomic E-state index is 12.1. The minimum atomic E-state index is -0.149. The molecule has 0 bridgehead atoms. The number of aryl methyl sites for hydroxylation is 3. The van der Waals surface area contributed by atoms with E-state index in [1.807, 2.05) is 64.0 Å². The van der Waals surface area contributed by atoms with Crippen molar-refractivity contribution in [3.8, 4) is 5.75 Å². The van der Waals surface area contributed by atoms with Crippen LogP contribution in [0.2, 0.25) is 0 Å². The molecule has 1 unspecified atom stereocenters. The molecule has 0 spiro atoms. The molecule has 1 N–H and O–H groups in total. The Morgan fingerprint density at radius 1 is 1.16 bits per heavy atom. The number of hydrogen-bond donors (Lipinski definition) is 1. The fourth-order valence-corrected chi connectivity index (χ4v) is 2.60. The summed E-state index contributed by atoms with van der Waals surface area (Å²) in [7, 11) is 3.92. The van der Waals surface area contributed by atoms with Crippen LogP contribution in [0.25, 0.3) is 0 Å². The van der Waals surface area contributed by atoms with E-state index in [2.05, 4.69) is 11.4 Å². The van der Waals surface area contributed by atoms with Crippen LogP contribution in [0.1, 0.15) is 28.7 Å². The molecule has 1 aromatic heterocycles. The summed E-state index contributed by atoms with van der Waals surface area (Å²) in [4.78, 5) is 14.1. The third-order valence-corrected chi connectivity index (χ3v) is 3.77. The van der Waals surface area contributed by atoms with E-state index in [0.717, 1.165) is 22.6 Å². The molecule has 0 saturated heterocycles. The van der Waals surface area contributed by atoms with Crippen molar-refractivity contribution in [2.24, 2.45) is 0 Å². The lowest BCUT2D eigenvalue weighted by Crippen LogP contribution is -2.36. The molecule has 138 valence electrons. The third kappa shape index (κ3) is 6.44. The lowest BCUT2D eigenvalue weighted by molar-refractivity contribution is -0.123. The van der Waals surface area contributed by atoms with Gasteiger partial charge in [0.15, 0.2) is 6.61 Å². The lowest BCUT2D eigenvalue weighted by atomic mass is 10.1. The predicted molar refractivity (Wildman–Crippen MR) is 102 cm³/mol. The van der Waals surface area contributed by atoms with Crippen molar-refractivity contribution >= 4 is 18.3 Å². The summed E-state index contributed by atoms with van der Waals surface area (Å²) in [6.07, 6.45) is 0. The minimum Gasteiger partial charge on any atom is -0.484 e. The summed E-state index contributed by atoms with van der Waals surface area (Å²) in [6.45, 7) is 6.39. The second-order valence-electron chi connectivity index (χ2n) is 6.34. The zero-order chi connectivity index (χ0) is 17.7. The second kappa shape index (κ2) is 9.49. The minimum absolute atomic E-state index is 0. The number of amides is 1. The topological polar surface area (TPSA) is 54.7 Å². The monoisotopic (exact) mass is 366 g/mol. The fraction of sp³-hybridized carbons (Fsp3) is 0.421. The number of benzene rings is 1. The van der Waals surface area contributed by atoms with E-state index in [-0.39, 0.29) is 31.0 Å². The highest BCUT2D eigenvalue weighted by Crippen LogP contribution is 2.20. The standard InChI is InChI=1S/C19H26N2O3.ClH/c1-13-8-14(2)10-16(9-13)23-12-19(22)20-11-17(21(4)5)18-7-6-15(3)24-18;/h6-10,17H,11-12H2,1-5H3,(H,20,22);1H. The average Bonchev–Trinajstić information content (AvgIpc) is 2.90. The van der Waals surface area contributed by atoms with Crippen LogP contribution < -0.4 is 10.1 Å². The largest absolute Gasteiger partial charge is 0.484 e. The fourth-order valence-electron chi connectivity index (χ4n) is 2.60. The number of hydrogen-bond acceptors (Lipinski definition) is 4. The van der Waals surface area contributed by atoms with E-state index in [1.54, 1.807) is 0 Å². The number of likely N-dealkylation sites (N-methyl/N-ethyl adjacent to an activating group) is 1. The predicted octanol–water partition coefficient (Wildman–Crippen LogP) is 3.42. The maximum Gasteiger partial charge on any atom is 0.258 e. The molecule has 1 aromatic carbocycles. The SMILES string of the molecule is Cc1cc(C)cc(OCC(=O)NCC(c2ccc(C)o2)N(C)C)c1.Cl. The zero-order valence-corrected chi connectivity index (χ0v) is 16.3. The van der Waals surface area contributed by atoms with Gasteiger partial charge < -0.3 is 14.5 Å². The molecule has 0 fully saturated rings. The van der Waals surface area contributed by atoms with Gasteiger partial charge in [-0.05, 0) is 70.3 Å². The Labute approximate surface area is 155 Å². The number of halogens is 1. The summed E-state index contributed by atoms with van der Waals surface area (Å²) in [5.74, 6) is 2.27. The molecule has 25 heavy (non-hydrogen) atoms. The molecule has 0 aliphatic heterocycles. The van der Waals surface area contributed by atoms with E-state index in [4.69, 9.17) is 9.15 Å². The van der Waals surface area contributed by atoms with Crippen molar-refractivity contribution in [1.29, 1.82) is 0 Å². The van der Waals surface area contributed by atoms with Crippen LogP contribution in [0.5, 0.6) is 5.75 Å². The smallest absolute Gasteiger partial charge is 0.258 e. The van der Waals surface area contributed by atoms with Gasteiger partial charge in [-0.2, -0.15) is 0 Å². The molecule has 5 nitrogen and oxygen atoms in total. The van der Waals surface area contributed by atoms with Gasteiger partial charge in [0.25, 0.3) is 5.91 Å². The van der Waals surface area contributed by atoms with Gasteiger partial charge in [0.1, 0.15) is 17.3 Å². The van der Waals surface area contributed by atoms with Crippen molar-refractivity contribution in [3.05, 3.63) is 53.0 Å². The van der Waals surface area contributed by atoms with Gasteiger partial charge in [0.2, 0.25) is 0 Å². The number of carbonyl (C=O) groups excluding carboxylic acids is 1.